The lowest BCUT2D eigenvalue weighted by Crippen LogP contribution is -2.54. The largest absolute Gasteiger partial charge is 0.344 e. The Morgan fingerprint density at radius 2 is 1.64 bits per heavy atom. The van der Waals surface area contributed by atoms with Gasteiger partial charge in [0.15, 0.2) is 9.84 Å². The van der Waals surface area contributed by atoms with Crippen LogP contribution in [-0.2, 0) is 47.1 Å². The van der Waals surface area contributed by atoms with E-state index < -0.39 is 63.0 Å². The van der Waals surface area contributed by atoms with Crippen molar-refractivity contribution in [3.8, 4) is 0 Å². The van der Waals surface area contributed by atoms with E-state index in [0.717, 1.165) is 43.7 Å². The molecule has 274 valence electrons. The standard InChI is InChI=1S/C36H47F3N4O6S/c1-4-33(45)40-31(35(47)43-17-15-42(2)16-18-43)21-24-13-14-30(29(37)20-24)41-34(46)28(26-10-6-5-7-11-26)22-32(44)36(38,39)27-12-8-9-25(19-27)23-50(3,48)49/h8-9,12-14,19-20,26,28,31H,4-7,10-11,15-18,21-23H2,1-3H3,(H,40,45)(H,41,46)/t28-,31+/m0/s1. The molecule has 10 nitrogen and oxygen atoms in total. The number of likely N-dealkylation sites (N-methyl/N-ethyl adjacent to an activating group) is 1. The molecule has 2 aromatic rings. The summed E-state index contributed by atoms with van der Waals surface area (Å²) in [5.41, 5.74) is -0.346. The Balaban J connectivity index is 1.50. The first-order chi connectivity index (χ1) is 23.6. The van der Waals surface area contributed by atoms with Crippen molar-refractivity contribution in [1.29, 1.82) is 0 Å². The SMILES string of the molecule is CCC(=O)N[C@H](Cc1ccc(NC(=O)[C@@H](CC(=O)C(F)(F)c2cccc(CS(C)(=O)=O)c2)C2CCCCC2)c(F)c1)C(=O)N1CCN(C)CC1. The number of rotatable bonds is 14. The van der Waals surface area contributed by atoms with Crippen molar-refractivity contribution >= 4 is 39.0 Å². The van der Waals surface area contributed by atoms with E-state index >= 15 is 13.2 Å². The molecule has 14 heteroatoms. The summed E-state index contributed by atoms with van der Waals surface area (Å²) in [6, 6.07) is 7.78. The third-order valence-corrected chi connectivity index (χ3v) is 10.4. The van der Waals surface area contributed by atoms with Crippen LogP contribution in [0.3, 0.4) is 0 Å². The van der Waals surface area contributed by atoms with Gasteiger partial charge in [0.2, 0.25) is 23.5 Å². The number of piperazine rings is 1. The maximum absolute atomic E-state index is 15.5. The van der Waals surface area contributed by atoms with Crippen molar-refractivity contribution in [3.63, 3.8) is 0 Å². The molecule has 2 N–H and O–H groups in total. The molecule has 3 amide bonds. The zero-order chi connectivity index (χ0) is 36.6. The Labute approximate surface area is 292 Å². The van der Waals surface area contributed by atoms with E-state index in [-0.39, 0.29) is 41.8 Å². The average Bonchev–Trinajstić information content (AvgIpc) is 3.07. The molecule has 0 aromatic heterocycles. The summed E-state index contributed by atoms with van der Waals surface area (Å²) in [6.45, 7) is 4.04. The summed E-state index contributed by atoms with van der Waals surface area (Å²) in [7, 11) is -1.56. The molecule has 1 saturated heterocycles. The number of carbonyl (C=O) groups excluding carboxylic acids is 4. The van der Waals surface area contributed by atoms with Crippen LogP contribution in [0.2, 0.25) is 0 Å². The fourth-order valence-corrected chi connectivity index (χ4v) is 7.43. The number of nitrogens with one attached hydrogen (secondary N) is 2. The molecule has 50 heavy (non-hydrogen) atoms. The van der Waals surface area contributed by atoms with Gasteiger partial charge in [-0.15, -0.1) is 0 Å². The van der Waals surface area contributed by atoms with Crippen LogP contribution in [0.4, 0.5) is 18.9 Å². The number of hydrogen-bond acceptors (Lipinski definition) is 7. The minimum atomic E-state index is -3.99. The van der Waals surface area contributed by atoms with Crippen LogP contribution in [0.15, 0.2) is 42.5 Å². The first kappa shape index (κ1) is 39.0. The number of amides is 3. The van der Waals surface area contributed by atoms with E-state index in [0.29, 0.717) is 44.6 Å². The minimum absolute atomic E-state index is 0.0156. The molecule has 4 rings (SSSR count). The molecule has 2 atom stereocenters. The predicted octanol–water partition coefficient (Wildman–Crippen LogP) is 4.47. The van der Waals surface area contributed by atoms with Gasteiger partial charge >= 0.3 is 5.92 Å². The van der Waals surface area contributed by atoms with Gasteiger partial charge in [0.05, 0.1) is 11.4 Å². The van der Waals surface area contributed by atoms with Crippen molar-refractivity contribution in [1.82, 2.24) is 15.1 Å². The van der Waals surface area contributed by atoms with E-state index in [1.165, 1.54) is 24.3 Å². The fourth-order valence-electron chi connectivity index (χ4n) is 6.65. The van der Waals surface area contributed by atoms with Gasteiger partial charge in [-0.3, -0.25) is 19.2 Å². The highest BCUT2D eigenvalue weighted by Crippen LogP contribution is 2.38. The highest BCUT2D eigenvalue weighted by Gasteiger charge is 2.44. The lowest BCUT2D eigenvalue weighted by Gasteiger charge is -2.34. The highest BCUT2D eigenvalue weighted by atomic mass is 32.2. The van der Waals surface area contributed by atoms with Crippen LogP contribution in [-0.4, -0.2) is 87.2 Å². The number of nitrogens with zero attached hydrogens (tertiary/aromatic N) is 2. The van der Waals surface area contributed by atoms with Crippen LogP contribution >= 0.6 is 0 Å². The average molecular weight is 721 g/mol. The molecule has 1 aliphatic carbocycles. The summed E-state index contributed by atoms with van der Waals surface area (Å²) >= 11 is 0. The van der Waals surface area contributed by atoms with Gasteiger partial charge in [-0.05, 0) is 55.1 Å². The smallest absolute Gasteiger partial charge is 0.330 e. The van der Waals surface area contributed by atoms with Crippen molar-refractivity contribution in [2.45, 2.75) is 76.0 Å². The molecule has 2 aliphatic rings. The molecule has 0 bridgehead atoms. The summed E-state index contributed by atoms with van der Waals surface area (Å²) < 4.78 is 70.0. The molecule has 0 radical (unpaired) electrons. The quantitative estimate of drug-likeness (QED) is 0.295. The van der Waals surface area contributed by atoms with Gasteiger partial charge in [0.1, 0.15) is 11.9 Å². The Morgan fingerprint density at radius 3 is 2.26 bits per heavy atom. The fraction of sp³-hybridized carbons (Fsp3) is 0.556. The molecule has 1 aliphatic heterocycles. The number of sulfone groups is 1. The Kier molecular flexibility index (Phi) is 13.2. The van der Waals surface area contributed by atoms with E-state index in [1.807, 2.05) is 7.05 Å². The maximum Gasteiger partial charge on any atom is 0.330 e. The van der Waals surface area contributed by atoms with Crippen LogP contribution in [0.25, 0.3) is 0 Å². The molecule has 0 unspecified atom stereocenters. The van der Waals surface area contributed by atoms with Crippen molar-refractivity contribution in [2.24, 2.45) is 11.8 Å². The lowest BCUT2D eigenvalue weighted by molar-refractivity contribution is -0.147. The zero-order valence-electron chi connectivity index (χ0n) is 28.9. The first-order valence-corrected chi connectivity index (χ1v) is 19.2. The number of benzene rings is 2. The van der Waals surface area contributed by atoms with Gasteiger partial charge in [-0.1, -0.05) is 50.5 Å². The molecule has 0 spiro atoms. The second-order valence-electron chi connectivity index (χ2n) is 13.6. The van der Waals surface area contributed by atoms with Crippen LogP contribution < -0.4 is 10.6 Å². The number of alkyl halides is 2. The molecule has 2 aromatic carbocycles. The second kappa shape index (κ2) is 17.0. The summed E-state index contributed by atoms with van der Waals surface area (Å²) in [5, 5.41) is 5.25. The van der Waals surface area contributed by atoms with Gasteiger partial charge < -0.3 is 20.4 Å². The van der Waals surface area contributed by atoms with Crippen LogP contribution in [0, 0.1) is 17.7 Å². The third kappa shape index (κ3) is 10.6. The molecule has 1 heterocycles. The number of halogens is 3. The van der Waals surface area contributed by atoms with Gasteiger partial charge in [-0.25, -0.2) is 12.8 Å². The Hall–Kier alpha value is -3.78. The molecular formula is C36H47F3N4O6S. The number of hydrogen-bond donors (Lipinski definition) is 2. The highest BCUT2D eigenvalue weighted by molar-refractivity contribution is 7.89. The van der Waals surface area contributed by atoms with Crippen molar-refractivity contribution in [3.05, 3.63) is 65.0 Å². The van der Waals surface area contributed by atoms with E-state index in [4.69, 9.17) is 0 Å². The number of carbonyl (C=O) groups is 4. The van der Waals surface area contributed by atoms with Crippen LogP contribution in [0.1, 0.15) is 68.6 Å². The Morgan fingerprint density at radius 1 is 0.960 bits per heavy atom. The molecular weight excluding hydrogens is 673 g/mol. The molecule has 1 saturated carbocycles. The number of anilines is 1. The van der Waals surface area contributed by atoms with E-state index in [2.05, 4.69) is 15.5 Å². The van der Waals surface area contributed by atoms with Gasteiger partial charge in [0.25, 0.3) is 0 Å². The summed E-state index contributed by atoms with van der Waals surface area (Å²) in [6.07, 6.45) is 3.91. The zero-order valence-corrected chi connectivity index (χ0v) is 29.7. The lowest BCUT2D eigenvalue weighted by atomic mass is 9.76. The summed E-state index contributed by atoms with van der Waals surface area (Å²) in [5.74, 6) is -9.62. The van der Waals surface area contributed by atoms with Crippen molar-refractivity contribution < 1.29 is 40.8 Å². The van der Waals surface area contributed by atoms with Gasteiger partial charge in [-0.2, -0.15) is 8.78 Å². The topological polar surface area (TPSA) is 133 Å². The second-order valence-corrected chi connectivity index (χ2v) is 15.7. The number of ketones is 1. The predicted molar refractivity (Wildman–Crippen MR) is 184 cm³/mol. The Bertz CT molecular complexity index is 1660. The normalized spacial score (nSPS) is 17.5. The van der Waals surface area contributed by atoms with Crippen molar-refractivity contribution in [2.75, 3.05) is 44.8 Å². The monoisotopic (exact) mass is 720 g/mol. The first-order valence-electron chi connectivity index (χ1n) is 17.1. The van der Waals surface area contributed by atoms with E-state index in [1.54, 1.807) is 11.8 Å². The maximum atomic E-state index is 15.5. The van der Waals surface area contributed by atoms with Crippen LogP contribution in [0.5, 0.6) is 0 Å². The van der Waals surface area contributed by atoms with E-state index in [9.17, 15) is 27.6 Å². The minimum Gasteiger partial charge on any atom is -0.344 e. The third-order valence-electron chi connectivity index (χ3n) is 9.53. The number of Topliss-reactive ketones (excluding diaryl/α,β-unsaturated/α-hetero) is 1. The summed E-state index contributed by atoms with van der Waals surface area (Å²) in [4.78, 5) is 56.2. The molecule has 2 fully saturated rings. The van der Waals surface area contributed by atoms with Gasteiger partial charge in [0, 0.05) is 63.2 Å².